The largest absolute Gasteiger partial charge is 0.396 e. The van der Waals surface area contributed by atoms with Crippen molar-refractivity contribution in [2.75, 3.05) is 13.1 Å². The maximum Gasteiger partial charge on any atom is 0.396 e. The van der Waals surface area contributed by atoms with Gasteiger partial charge in [0.1, 0.15) is 29.9 Å². The first kappa shape index (κ1) is 58.7. The van der Waals surface area contributed by atoms with Gasteiger partial charge in [-0.3, -0.25) is 62.2 Å². The van der Waals surface area contributed by atoms with Crippen LogP contribution in [0.4, 0.5) is 0 Å². The van der Waals surface area contributed by atoms with Crippen molar-refractivity contribution in [2.24, 2.45) is 24.6 Å². The molecule has 1 unspecified atom stereocenters. The molecule has 0 radical (unpaired) electrons. The molecule has 1 saturated carbocycles. The fourth-order valence-electron chi connectivity index (χ4n) is 12.6. The molecule has 0 bridgehead atoms. The number of fused-ring (bicyclic) bond motifs is 3. The topological polar surface area (TPSA) is 335 Å². The summed E-state index contributed by atoms with van der Waals surface area (Å²) in [5.74, 6) is -4.49. The van der Waals surface area contributed by atoms with E-state index in [2.05, 4.69) is 26.3 Å². The summed E-state index contributed by atoms with van der Waals surface area (Å²) in [5.41, 5.74) is 7.64. The minimum atomic E-state index is -5.13. The Balaban J connectivity index is 0.847. The van der Waals surface area contributed by atoms with E-state index < -0.39 is 84.8 Å². The second-order valence-electron chi connectivity index (χ2n) is 22.5. The summed E-state index contributed by atoms with van der Waals surface area (Å²) in [6, 6.07) is 23.6. The first-order chi connectivity index (χ1) is 40.2. The molecular formula is C60H67N10O13P. The Morgan fingerprint density at radius 3 is 2.15 bits per heavy atom. The number of H-pyrrole nitrogens is 1. The van der Waals surface area contributed by atoms with Crippen LogP contribution >= 0.6 is 7.60 Å². The lowest BCUT2D eigenvalue weighted by Gasteiger charge is -2.40. The van der Waals surface area contributed by atoms with E-state index in [1.807, 2.05) is 78.9 Å². The highest BCUT2D eigenvalue weighted by atomic mass is 31.2. The van der Waals surface area contributed by atoms with Crippen LogP contribution in [-0.2, 0) is 51.6 Å². The van der Waals surface area contributed by atoms with Gasteiger partial charge in [0.25, 0.3) is 11.4 Å². The molecule has 84 heavy (non-hydrogen) atoms. The van der Waals surface area contributed by atoms with Gasteiger partial charge in [-0.25, -0.2) is 4.79 Å². The first-order valence-electron chi connectivity index (χ1n) is 28.4. The minimum Gasteiger partial charge on any atom is -0.370 e. The third-order valence-corrected chi connectivity index (χ3v) is 17.9. The summed E-state index contributed by atoms with van der Waals surface area (Å²) in [5, 5.41) is 11.3. The molecule has 23 nitrogen and oxygen atoms in total. The molecule has 5 atom stereocenters. The van der Waals surface area contributed by atoms with Crippen molar-refractivity contribution < 1.29 is 57.5 Å². The lowest BCUT2D eigenvalue weighted by atomic mass is 9.79. The van der Waals surface area contributed by atoms with Crippen LogP contribution in [0.2, 0.25) is 0 Å². The average molecular weight is 1170 g/mol. The van der Waals surface area contributed by atoms with Gasteiger partial charge in [-0.15, -0.1) is 0 Å². The quantitative estimate of drug-likeness (QED) is 0.0448. The Hall–Kier alpha value is -8.53. The van der Waals surface area contributed by atoms with Gasteiger partial charge in [-0.05, 0) is 130 Å². The molecule has 3 aliphatic heterocycles. The molecule has 0 spiro atoms. The number of primary amides is 1. The molecule has 8 amide bonds. The van der Waals surface area contributed by atoms with E-state index in [-0.39, 0.29) is 91.2 Å². The monoisotopic (exact) mass is 1170 g/mol. The number of carbonyl (C=O) groups excluding carboxylic acids is 9. The third kappa shape index (κ3) is 12.7. The molecule has 9 N–H and O–H groups in total. The van der Waals surface area contributed by atoms with Gasteiger partial charge in [0.05, 0.1) is 17.1 Å². The molecule has 4 aromatic carbocycles. The zero-order chi connectivity index (χ0) is 59.6. The van der Waals surface area contributed by atoms with Gasteiger partial charge < -0.3 is 46.3 Å². The third-order valence-electron chi connectivity index (χ3n) is 17.1. The van der Waals surface area contributed by atoms with E-state index in [1.165, 1.54) is 38.3 Å². The molecular weight excluding hydrogens is 1100 g/mol. The molecule has 440 valence electrons. The summed E-state index contributed by atoms with van der Waals surface area (Å²) >= 11 is 0. The van der Waals surface area contributed by atoms with Crippen molar-refractivity contribution in [3.05, 3.63) is 142 Å². The van der Waals surface area contributed by atoms with E-state index in [4.69, 9.17) is 5.73 Å². The van der Waals surface area contributed by atoms with E-state index in [1.54, 1.807) is 11.9 Å². The number of hydrogen-bond donors (Lipinski definition) is 8. The number of aromatic amines is 1. The van der Waals surface area contributed by atoms with E-state index in [0.717, 1.165) is 36.0 Å². The van der Waals surface area contributed by atoms with Gasteiger partial charge in [0.2, 0.25) is 41.4 Å². The molecule has 2 aromatic heterocycles. The number of nitrogens with one attached hydrogen (secondary N) is 5. The maximum absolute atomic E-state index is 15.2. The second kappa shape index (κ2) is 24.7. The fourth-order valence-corrected chi connectivity index (χ4v) is 13.0. The summed E-state index contributed by atoms with van der Waals surface area (Å²) in [6.45, 7) is -0.0563. The van der Waals surface area contributed by atoms with E-state index in [9.17, 15) is 57.5 Å². The number of hydrogen-bond acceptors (Lipinski definition) is 11. The SMILES string of the molecule is Cn1c(=O)n(C2CCC(=O)NC2=O)c2ccc(CC[C@H]3CC[C@H](C(=O)N4CC[C@H]5CC[C@@H](C(=O)N[C@@H](CCC(N)=O)C(=O)NC(c6ccccc6)c6ccccc6)N5C(=O)[C@@H](NC(=O)c5cc6cc(C(=O)P(=O)(O)O)ccc6[nH]5)C4)CC3)cc21. The zero-order valence-corrected chi connectivity index (χ0v) is 47.1. The van der Waals surface area contributed by atoms with E-state index in [0.29, 0.717) is 48.7 Å². The molecule has 1 aliphatic carbocycles. The number of rotatable bonds is 18. The van der Waals surface area contributed by atoms with Gasteiger partial charge in [0.15, 0.2) is 0 Å². The van der Waals surface area contributed by atoms with Crippen molar-refractivity contribution in [3.8, 4) is 0 Å². The standard InChI is InChI=1S/C60H67N10O13P/c1-67-49-30-35(16-23-46(49)70(60(67)80)48-25-27-51(72)65-56(48)76)13-12-34-14-17-38(18-15-34)57(77)68-29-28-41-20-24-47(55(75)63-43(22-26-50(61)71)53(73)66-52(36-8-4-2-5-9-36)37-10-6-3-7-11-37)69(41)58(78)45(33-68)64-54(74)44-32-40-31-39(19-21-42(40)62-44)59(79)84(81,82)83/h2-11,16,19,21,23,30-32,34,38,41,43,45,47-48,52,62H,12-15,17-18,20,22,24-29,33H2,1H3,(H2,61,71)(H,63,75)(H,64,74)(H,66,73)(H,65,72,76)(H2,81,82,83)/t34-,38-,41-,43+,45+,47+,48?/m1/s1. The minimum absolute atomic E-state index is 0.0636. The van der Waals surface area contributed by atoms with Crippen molar-refractivity contribution >= 4 is 82.3 Å². The van der Waals surface area contributed by atoms with Crippen LogP contribution in [0.1, 0.15) is 127 Å². The highest BCUT2D eigenvalue weighted by molar-refractivity contribution is 7.70. The number of imide groups is 1. The highest BCUT2D eigenvalue weighted by Crippen LogP contribution is 2.40. The van der Waals surface area contributed by atoms with Crippen LogP contribution in [0.15, 0.2) is 108 Å². The summed E-state index contributed by atoms with van der Waals surface area (Å²) in [4.78, 5) is 161. The number of amides is 8. The average Bonchev–Trinajstić information content (AvgIpc) is 4.38. The lowest BCUT2D eigenvalue weighted by Crippen LogP contribution is -2.62. The highest BCUT2D eigenvalue weighted by Gasteiger charge is 2.47. The molecule has 4 fully saturated rings. The van der Waals surface area contributed by atoms with Crippen molar-refractivity contribution in [1.82, 2.24) is 45.2 Å². The zero-order valence-electron chi connectivity index (χ0n) is 46.2. The normalized spacial score (nSPS) is 21.5. The Morgan fingerprint density at radius 1 is 0.786 bits per heavy atom. The predicted molar refractivity (Wildman–Crippen MR) is 306 cm³/mol. The molecule has 10 rings (SSSR count). The maximum atomic E-state index is 15.2. The van der Waals surface area contributed by atoms with Crippen LogP contribution in [0.3, 0.4) is 0 Å². The van der Waals surface area contributed by atoms with Crippen LogP contribution in [0, 0.1) is 11.8 Å². The molecule has 4 aliphatic rings. The number of nitrogens with two attached hydrogens (primary N) is 1. The predicted octanol–water partition coefficient (Wildman–Crippen LogP) is 3.90. The number of imidazole rings is 1. The first-order valence-corrected chi connectivity index (χ1v) is 30.0. The molecule has 3 saturated heterocycles. The number of nitrogens with zero attached hydrogens (tertiary/aromatic N) is 4. The number of aromatic nitrogens is 3. The Kier molecular flexibility index (Phi) is 17.3. The van der Waals surface area contributed by atoms with Gasteiger partial charge in [-0.1, -0.05) is 66.7 Å². The van der Waals surface area contributed by atoms with E-state index >= 15 is 4.79 Å². The summed E-state index contributed by atoms with van der Waals surface area (Å²) in [6.07, 6.45) is 5.02. The lowest BCUT2D eigenvalue weighted by molar-refractivity contribution is -0.147. The smallest absolute Gasteiger partial charge is 0.370 e. The summed E-state index contributed by atoms with van der Waals surface area (Å²) < 4.78 is 14.8. The van der Waals surface area contributed by atoms with Crippen molar-refractivity contribution in [2.45, 2.75) is 120 Å². The number of carbonyl (C=O) groups is 9. The number of benzene rings is 4. The van der Waals surface area contributed by atoms with Gasteiger partial charge in [0, 0.05) is 61.4 Å². The number of piperidine rings is 1. The van der Waals surface area contributed by atoms with Gasteiger partial charge >= 0.3 is 13.3 Å². The Labute approximate surface area is 482 Å². The van der Waals surface area contributed by atoms with Crippen molar-refractivity contribution in [3.63, 3.8) is 0 Å². The van der Waals surface area contributed by atoms with Crippen LogP contribution in [0.5, 0.6) is 0 Å². The molecule has 24 heteroatoms. The van der Waals surface area contributed by atoms with Crippen LogP contribution in [0.25, 0.3) is 21.9 Å². The fraction of sp³-hybridized carbons (Fsp3) is 0.400. The molecule has 6 aromatic rings. The Bertz CT molecular complexity index is 3640. The summed E-state index contributed by atoms with van der Waals surface area (Å²) in [7, 11) is -3.48. The van der Waals surface area contributed by atoms with Crippen LogP contribution in [-0.4, -0.2) is 124 Å². The Morgan fingerprint density at radius 2 is 1.49 bits per heavy atom. The van der Waals surface area contributed by atoms with Gasteiger partial charge in [-0.2, -0.15) is 0 Å². The second-order valence-corrected chi connectivity index (χ2v) is 24.0. The molecule has 5 heterocycles. The number of aryl methyl sites for hydroxylation is 2. The van der Waals surface area contributed by atoms with Crippen LogP contribution < -0.4 is 32.7 Å². The van der Waals surface area contributed by atoms with Crippen molar-refractivity contribution in [1.29, 1.82) is 0 Å².